The Morgan fingerprint density at radius 3 is 2.23 bits per heavy atom. The second-order valence-electron chi connectivity index (χ2n) is 10.3. The van der Waals surface area contributed by atoms with Gasteiger partial charge in [0.1, 0.15) is 6.10 Å². The largest absolute Gasteiger partial charge is 0.493 e. The second kappa shape index (κ2) is 13.8. The average Bonchev–Trinajstić information content (AvgIpc) is 2.97. The van der Waals surface area contributed by atoms with Crippen LogP contribution in [-0.4, -0.2) is 58.2 Å². The van der Waals surface area contributed by atoms with Crippen molar-refractivity contribution in [1.82, 2.24) is 24.8 Å². The van der Waals surface area contributed by atoms with Crippen molar-refractivity contribution in [2.45, 2.75) is 52.6 Å². The van der Waals surface area contributed by atoms with Gasteiger partial charge < -0.3 is 19.1 Å². The third-order valence-corrected chi connectivity index (χ3v) is 6.77. The van der Waals surface area contributed by atoms with Crippen LogP contribution in [0.4, 0.5) is 0 Å². The van der Waals surface area contributed by atoms with Gasteiger partial charge in [0.2, 0.25) is 5.75 Å². The lowest BCUT2D eigenvalue weighted by Crippen LogP contribution is -2.35. The van der Waals surface area contributed by atoms with E-state index in [1.807, 2.05) is 56.4 Å². The molecule has 1 aromatic carbocycles. The van der Waals surface area contributed by atoms with Crippen LogP contribution in [0.1, 0.15) is 49.6 Å². The van der Waals surface area contributed by atoms with Gasteiger partial charge in [0.15, 0.2) is 17.3 Å². The summed E-state index contributed by atoms with van der Waals surface area (Å²) in [6, 6.07) is 15.5. The molecule has 0 bridgehead atoms. The molecule has 4 heterocycles. The molecule has 40 heavy (non-hydrogen) atoms. The van der Waals surface area contributed by atoms with Gasteiger partial charge in [-0.15, -0.1) is 0 Å². The Morgan fingerprint density at radius 1 is 0.900 bits per heavy atom. The van der Waals surface area contributed by atoms with Crippen LogP contribution in [0.3, 0.4) is 0 Å². The normalized spacial score (nSPS) is 13.9. The summed E-state index contributed by atoms with van der Waals surface area (Å²) in [4.78, 5) is 20.0. The quantitative estimate of drug-likeness (QED) is 0.258. The summed E-state index contributed by atoms with van der Waals surface area (Å²) >= 11 is 0. The Hall–Kier alpha value is -4.04. The van der Waals surface area contributed by atoms with Crippen LogP contribution >= 0.6 is 0 Å². The van der Waals surface area contributed by atoms with Crippen molar-refractivity contribution in [1.29, 1.82) is 0 Å². The topological polar surface area (TPSA) is 82.5 Å². The van der Waals surface area contributed by atoms with E-state index >= 15 is 0 Å². The first kappa shape index (κ1) is 29.0. The van der Waals surface area contributed by atoms with Crippen molar-refractivity contribution in [3.05, 3.63) is 84.1 Å². The van der Waals surface area contributed by atoms with Gasteiger partial charge in [0.25, 0.3) is 5.88 Å². The summed E-state index contributed by atoms with van der Waals surface area (Å²) in [6.07, 6.45) is 7.37. The number of aryl methyl sites for hydroxylation is 2. The first-order valence-corrected chi connectivity index (χ1v) is 13.7. The lowest BCUT2D eigenvalue weighted by molar-refractivity contribution is 0.107. The van der Waals surface area contributed by atoms with Gasteiger partial charge >= 0.3 is 0 Å². The van der Waals surface area contributed by atoms with E-state index in [0.29, 0.717) is 40.6 Å². The fraction of sp³-hybridized carbons (Fsp3) is 0.375. The van der Waals surface area contributed by atoms with Gasteiger partial charge in [-0.05, 0) is 75.5 Å². The van der Waals surface area contributed by atoms with Gasteiger partial charge in [0, 0.05) is 42.9 Å². The highest BCUT2D eigenvalue weighted by molar-refractivity contribution is 5.57. The molecular formula is C32H39N5O3. The number of aromatic nitrogens is 4. The number of benzene rings is 1. The summed E-state index contributed by atoms with van der Waals surface area (Å²) < 4.78 is 18.0. The first-order valence-electron chi connectivity index (χ1n) is 13.7. The van der Waals surface area contributed by atoms with Crippen LogP contribution in [0.2, 0.25) is 0 Å². The van der Waals surface area contributed by atoms with Crippen LogP contribution in [0.5, 0.6) is 23.1 Å². The van der Waals surface area contributed by atoms with Crippen LogP contribution in [0, 0.1) is 13.8 Å². The van der Waals surface area contributed by atoms with Crippen LogP contribution in [0.15, 0.2) is 67.1 Å². The summed E-state index contributed by atoms with van der Waals surface area (Å²) in [5, 5.41) is 0. The van der Waals surface area contributed by atoms with Crippen molar-refractivity contribution >= 4 is 0 Å². The highest BCUT2D eigenvalue weighted by Gasteiger charge is 2.24. The zero-order valence-electron chi connectivity index (χ0n) is 24.3. The fourth-order valence-electron chi connectivity index (χ4n) is 4.26. The molecule has 0 saturated carbocycles. The van der Waals surface area contributed by atoms with Crippen molar-refractivity contribution in [3.63, 3.8) is 0 Å². The van der Waals surface area contributed by atoms with E-state index in [9.17, 15) is 0 Å². The minimum atomic E-state index is 0.0841. The SMILES string of the molecule is COc1ccccc1Oc1c(C)nc(-c2ccncc2)nc1OC1CCN(C)CC1.Cc1ccc(C(C)C)cn1. The third kappa shape index (κ3) is 7.76. The smallest absolute Gasteiger partial charge is 0.262 e. The fourth-order valence-corrected chi connectivity index (χ4v) is 4.26. The van der Waals surface area contributed by atoms with E-state index in [-0.39, 0.29) is 6.10 Å². The third-order valence-electron chi connectivity index (χ3n) is 6.77. The van der Waals surface area contributed by atoms with E-state index in [2.05, 4.69) is 52.9 Å². The highest BCUT2D eigenvalue weighted by Crippen LogP contribution is 2.39. The molecule has 1 saturated heterocycles. The number of pyridine rings is 2. The predicted molar refractivity (Wildman–Crippen MR) is 157 cm³/mol. The monoisotopic (exact) mass is 541 g/mol. The molecule has 0 unspecified atom stereocenters. The number of nitrogens with zero attached hydrogens (tertiary/aromatic N) is 5. The number of piperidine rings is 1. The number of rotatable bonds is 7. The number of hydrogen-bond donors (Lipinski definition) is 0. The van der Waals surface area contributed by atoms with Crippen molar-refractivity contribution < 1.29 is 14.2 Å². The minimum absolute atomic E-state index is 0.0841. The molecule has 1 aliphatic rings. The Balaban J connectivity index is 0.000000312. The predicted octanol–water partition coefficient (Wildman–Crippen LogP) is 6.63. The Morgan fingerprint density at radius 2 is 1.60 bits per heavy atom. The van der Waals surface area contributed by atoms with Gasteiger partial charge in [-0.1, -0.05) is 32.0 Å². The molecule has 8 nitrogen and oxygen atoms in total. The Labute approximate surface area is 237 Å². The molecule has 1 fully saturated rings. The molecule has 8 heteroatoms. The lowest BCUT2D eigenvalue weighted by Gasteiger charge is -2.29. The minimum Gasteiger partial charge on any atom is -0.493 e. The van der Waals surface area contributed by atoms with Crippen LogP contribution < -0.4 is 14.2 Å². The Kier molecular flexibility index (Phi) is 10.0. The molecular weight excluding hydrogens is 502 g/mol. The molecule has 0 aliphatic carbocycles. The van der Waals surface area contributed by atoms with Gasteiger partial charge in [0.05, 0.1) is 12.8 Å². The highest BCUT2D eigenvalue weighted by atomic mass is 16.5. The zero-order chi connectivity index (χ0) is 28.5. The number of likely N-dealkylation sites (tertiary alicyclic amines) is 1. The van der Waals surface area contributed by atoms with E-state index < -0.39 is 0 Å². The van der Waals surface area contributed by atoms with Gasteiger partial charge in [-0.2, -0.15) is 4.98 Å². The van der Waals surface area contributed by atoms with Gasteiger partial charge in [-0.25, -0.2) is 4.98 Å². The van der Waals surface area contributed by atoms with Crippen molar-refractivity contribution in [2.24, 2.45) is 0 Å². The number of para-hydroxylation sites is 2. The molecule has 1 aliphatic heterocycles. The first-order chi connectivity index (χ1) is 19.3. The molecule has 0 amide bonds. The van der Waals surface area contributed by atoms with Crippen LogP contribution in [-0.2, 0) is 0 Å². The summed E-state index contributed by atoms with van der Waals surface area (Å²) in [6.45, 7) is 10.2. The number of methoxy groups -OCH3 is 1. The maximum Gasteiger partial charge on any atom is 0.262 e. The molecule has 0 spiro atoms. The average molecular weight is 542 g/mol. The lowest BCUT2D eigenvalue weighted by atomic mass is 10.1. The van der Waals surface area contributed by atoms with Crippen LogP contribution in [0.25, 0.3) is 11.4 Å². The molecule has 0 radical (unpaired) electrons. The van der Waals surface area contributed by atoms with E-state index in [1.54, 1.807) is 19.5 Å². The summed E-state index contributed by atoms with van der Waals surface area (Å²) in [7, 11) is 3.75. The summed E-state index contributed by atoms with van der Waals surface area (Å²) in [5.41, 5.74) is 3.98. The van der Waals surface area contributed by atoms with E-state index in [1.165, 1.54) is 5.56 Å². The standard InChI is InChI=1S/C23H26N4O3.C9H13N/c1-16-21(30-20-7-5-4-6-19(20)28-3)23(29-18-10-14-27(2)15-11-18)26-22(25-16)17-8-12-24-13-9-17;1-7(2)9-5-4-8(3)10-6-9/h4-9,12-13,18H,10-11,14-15H2,1-3H3;4-7H,1-3H3. The van der Waals surface area contributed by atoms with E-state index in [4.69, 9.17) is 19.2 Å². The van der Waals surface area contributed by atoms with E-state index in [0.717, 1.165) is 37.2 Å². The zero-order valence-corrected chi connectivity index (χ0v) is 24.3. The molecule has 0 N–H and O–H groups in total. The number of ether oxygens (including phenoxy) is 3. The van der Waals surface area contributed by atoms with Gasteiger partial charge in [-0.3, -0.25) is 9.97 Å². The van der Waals surface area contributed by atoms with Crippen molar-refractivity contribution in [2.75, 3.05) is 27.2 Å². The second-order valence-corrected chi connectivity index (χ2v) is 10.3. The summed E-state index contributed by atoms with van der Waals surface area (Å²) in [5.74, 6) is 3.38. The van der Waals surface area contributed by atoms with Crippen molar-refractivity contribution in [3.8, 4) is 34.5 Å². The molecule has 4 aromatic rings. The molecule has 3 aromatic heterocycles. The maximum atomic E-state index is 6.36. The molecule has 210 valence electrons. The molecule has 5 rings (SSSR count). The number of hydrogen-bond acceptors (Lipinski definition) is 8. The molecule has 0 atom stereocenters. The maximum absolute atomic E-state index is 6.36. The Bertz CT molecular complexity index is 1360.